The van der Waals surface area contributed by atoms with E-state index in [2.05, 4.69) is 17.2 Å². The Balaban J connectivity index is 0.00000361. The van der Waals surface area contributed by atoms with Crippen molar-refractivity contribution in [2.24, 2.45) is 10.7 Å². The van der Waals surface area contributed by atoms with E-state index >= 15 is 0 Å². The van der Waals surface area contributed by atoms with Gasteiger partial charge < -0.3 is 15.8 Å². The molecule has 3 N–H and O–H groups in total. The molecule has 1 rings (SSSR count). The van der Waals surface area contributed by atoms with Crippen LogP contribution in [0.2, 0.25) is 0 Å². The molecule has 114 valence electrons. The first-order chi connectivity index (χ1) is 9.24. The Bertz CT molecular complexity index is 396. The number of rotatable bonds is 8. The minimum absolute atomic E-state index is 0. The number of halogens is 1. The quantitative estimate of drug-likeness (QED) is 0.310. The fourth-order valence-corrected chi connectivity index (χ4v) is 1.61. The predicted molar refractivity (Wildman–Crippen MR) is 96.1 cm³/mol. The molecule has 0 aliphatic rings. The van der Waals surface area contributed by atoms with Crippen molar-refractivity contribution in [2.45, 2.75) is 33.1 Å². The van der Waals surface area contributed by atoms with Crippen LogP contribution in [-0.2, 0) is 0 Å². The van der Waals surface area contributed by atoms with Gasteiger partial charge in [0.1, 0.15) is 5.75 Å². The minimum Gasteiger partial charge on any atom is -0.493 e. The van der Waals surface area contributed by atoms with E-state index in [1.165, 1.54) is 0 Å². The number of benzene rings is 1. The molecule has 5 heteroatoms. The molecule has 0 saturated heterocycles. The first-order valence-electron chi connectivity index (χ1n) is 6.96. The van der Waals surface area contributed by atoms with Gasteiger partial charge in [0.2, 0.25) is 0 Å². The van der Waals surface area contributed by atoms with Gasteiger partial charge in [-0.25, -0.2) is 0 Å². The number of aliphatic imine (C=N–C) groups is 1. The molecule has 0 spiro atoms. The molecule has 0 heterocycles. The van der Waals surface area contributed by atoms with E-state index in [0.29, 0.717) is 19.1 Å². The Morgan fingerprint density at radius 2 is 2.05 bits per heavy atom. The molecule has 0 aliphatic carbocycles. The summed E-state index contributed by atoms with van der Waals surface area (Å²) in [7, 11) is 0. The summed E-state index contributed by atoms with van der Waals surface area (Å²) in [6.07, 6.45) is 3.14. The third kappa shape index (κ3) is 8.24. The van der Waals surface area contributed by atoms with Crippen molar-refractivity contribution in [3.63, 3.8) is 0 Å². The molecule has 0 radical (unpaired) electrons. The number of nitrogens with two attached hydrogens (primary N) is 1. The lowest BCUT2D eigenvalue weighted by molar-refractivity contribution is 0.311. The number of hydrogen-bond donors (Lipinski definition) is 2. The molecule has 0 atom stereocenters. The summed E-state index contributed by atoms with van der Waals surface area (Å²) in [5, 5.41) is 3.09. The number of nitrogens with one attached hydrogen (secondary N) is 1. The maximum atomic E-state index is 5.73. The lowest BCUT2D eigenvalue weighted by Gasteiger charge is -2.08. The molecule has 0 bridgehead atoms. The van der Waals surface area contributed by atoms with Crippen molar-refractivity contribution in [3.05, 3.63) is 29.8 Å². The minimum atomic E-state index is 0. The van der Waals surface area contributed by atoms with E-state index in [1.54, 1.807) is 0 Å². The highest BCUT2D eigenvalue weighted by Crippen LogP contribution is 2.15. The second-order valence-electron chi connectivity index (χ2n) is 4.51. The van der Waals surface area contributed by atoms with E-state index in [-0.39, 0.29) is 24.0 Å². The van der Waals surface area contributed by atoms with E-state index in [4.69, 9.17) is 10.5 Å². The number of guanidine groups is 1. The normalized spacial score (nSPS) is 10.8. The maximum Gasteiger partial charge on any atom is 0.188 e. The highest BCUT2D eigenvalue weighted by molar-refractivity contribution is 14.0. The highest BCUT2D eigenvalue weighted by Gasteiger charge is 1.97. The van der Waals surface area contributed by atoms with Crippen molar-refractivity contribution in [3.8, 4) is 5.75 Å². The number of hydrogen-bond acceptors (Lipinski definition) is 2. The predicted octanol–water partition coefficient (Wildman–Crippen LogP) is 3.09. The van der Waals surface area contributed by atoms with Gasteiger partial charge >= 0.3 is 0 Å². The van der Waals surface area contributed by atoms with Crippen LogP contribution in [0.3, 0.4) is 0 Å². The zero-order valence-electron chi connectivity index (χ0n) is 12.4. The van der Waals surface area contributed by atoms with Crippen molar-refractivity contribution in [1.82, 2.24) is 5.32 Å². The average Bonchev–Trinajstić information content (AvgIpc) is 2.41. The molecule has 0 saturated carbocycles. The number of ether oxygens (including phenoxy) is 1. The van der Waals surface area contributed by atoms with Gasteiger partial charge in [-0.1, -0.05) is 31.5 Å². The van der Waals surface area contributed by atoms with Crippen LogP contribution in [0.25, 0.3) is 0 Å². The lowest BCUT2D eigenvalue weighted by Crippen LogP contribution is -2.32. The van der Waals surface area contributed by atoms with Crippen LogP contribution in [0.1, 0.15) is 31.7 Å². The smallest absolute Gasteiger partial charge is 0.188 e. The topological polar surface area (TPSA) is 59.6 Å². The van der Waals surface area contributed by atoms with E-state index in [9.17, 15) is 0 Å². The van der Waals surface area contributed by atoms with Gasteiger partial charge in [-0.3, -0.25) is 4.99 Å². The van der Waals surface area contributed by atoms with E-state index in [0.717, 1.165) is 37.1 Å². The largest absolute Gasteiger partial charge is 0.493 e. The third-order valence-electron chi connectivity index (χ3n) is 2.77. The first-order valence-corrected chi connectivity index (χ1v) is 6.96. The summed E-state index contributed by atoms with van der Waals surface area (Å²) >= 11 is 0. The Labute approximate surface area is 139 Å². The number of unbranched alkanes of at least 4 members (excludes halogenated alkanes) is 1. The van der Waals surface area contributed by atoms with Gasteiger partial charge in [0.05, 0.1) is 6.61 Å². The zero-order chi connectivity index (χ0) is 13.9. The lowest BCUT2D eigenvalue weighted by atomic mass is 10.2. The molecule has 0 aromatic heterocycles. The molecule has 20 heavy (non-hydrogen) atoms. The second kappa shape index (κ2) is 11.8. The molecular formula is C15H26IN3O. The molecule has 0 amide bonds. The molecule has 1 aromatic carbocycles. The van der Waals surface area contributed by atoms with Gasteiger partial charge in [-0.05, 0) is 25.0 Å². The fourth-order valence-electron chi connectivity index (χ4n) is 1.61. The second-order valence-corrected chi connectivity index (χ2v) is 4.51. The summed E-state index contributed by atoms with van der Waals surface area (Å²) < 4.78 is 5.69. The van der Waals surface area contributed by atoms with Gasteiger partial charge in [-0.2, -0.15) is 0 Å². The summed E-state index contributed by atoms with van der Waals surface area (Å²) in [5.41, 5.74) is 6.89. The van der Waals surface area contributed by atoms with E-state index < -0.39 is 0 Å². The Morgan fingerprint density at radius 1 is 1.30 bits per heavy atom. The molecule has 1 aromatic rings. The standard InChI is InChI=1S/C15H25N3O.HI/c1-3-4-10-17-15(16)18-11-7-12-19-14-9-6-5-8-13(14)2;/h5-6,8-9H,3-4,7,10-12H2,1-2H3,(H3,16,17,18);1H. The van der Waals surface area contributed by atoms with Crippen LogP contribution in [0.4, 0.5) is 0 Å². The number of para-hydroxylation sites is 1. The zero-order valence-corrected chi connectivity index (χ0v) is 14.7. The fraction of sp³-hybridized carbons (Fsp3) is 0.533. The number of nitrogens with zero attached hydrogens (tertiary/aromatic N) is 1. The molecule has 0 unspecified atom stereocenters. The molecule has 0 fully saturated rings. The third-order valence-corrected chi connectivity index (χ3v) is 2.77. The van der Waals surface area contributed by atoms with Crippen LogP contribution in [-0.4, -0.2) is 25.7 Å². The molecular weight excluding hydrogens is 365 g/mol. The monoisotopic (exact) mass is 391 g/mol. The molecule has 0 aliphatic heterocycles. The summed E-state index contributed by atoms with van der Waals surface area (Å²) in [5.74, 6) is 1.48. The average molecular weight is 391 g/mol. The van der Waals surface area contributed by atoms with Crippen molar-refractivity contribution in [2.75, 3.05) is 19.7 Å². The summed E-state index contributed by atoms with van der Waals surface area (Å²) in [6, 6.07) is 8.02. The van der Waals surface area contributed by atoms with Gasteiger partial charge in [0.15, 0.2) is 5.96 Å². The van der Waals surface area contributed by atoms with Gasteiger partial charge in [0.25, 0.3) is 0 Å². The summed E-state index contributed by atoms with van der Waals surface area (Å²) in [4.78, 5) is 4.25. The Hall–Kier alpha value is -0.980. The van der Waals surface area contributed by atoms with Crippen LogP contribution in [0.15, 0.2) is 29.3 Å². The Morgan fingerprint density at radius 3 is 2.75 bits per heavy atom. The first kappa shape index (κ1) is 19.0. The SMILES string of the molecule is CCCCNC(N)=NCCCOc1ccccc1C.I. The van der Waals surface area contributed by atoms with Gasteiger partial charge in [-0.15, -0.1) is 24.0 Å². The van der Waals surface area contributed by atoms with Crippen molar-refractivity contribution in [1.29, 1.82) is 0 Å². The highest BCUT2D eigenvalue weighted by atomic mass is 127. The molecule has 4 nitrogen and oxygen atoms in total. The van der Waals surface area contributed by atoms with Gasteiger partial charge in [0, 0.05) is 19.5 Å². The summed E-state index contributed by atoms with van der Waals surface area (Å²) in [6.45, 7) is 6.44. The van der Waals surface area contributed by atoms with Crippen LogP contribution in [0.5, 0.6) is 5.75 Å². The van der Waals surface area contributed by atoms with Crippen molar-refractivity contribution < 1.29 is 4.74 Å². The van der Waals surface area contributed by atoms with Crippen LogP contribution in [0, 0.1) is 6.92 Å². The maximum absolute atomic E-state index is 5.73. The van der Waals surface area contributed by atoms with E-state index in [1.807, 2.05) is 31.2 Å². The van der Waals surface area contributed by atoms with Crippen LogP contribution < -0.4 is 15.8 Å². The van der Waals surface area contributed by atoms with Crippen molar-refractivity contribution >= 4 is 29.9 Å². The van der Waals surface area contributed by atoms with Crippen LogP contribution >= 0.6 is 24.0 Å². The number of aryl methyl sites for hydroxylation is 1. The Kier molecular flexibility index (Phi) is 11.2.